The Hall–Kier alpha value is -3.72. The maximum atomic E-state index is 13.3. The molecule has 8 nitrogen and oxygen atoms in total. The molecule has 4 bridgehead atoms. The number of carbonyl (C=O) groups is 2. The van der Waals surface area contributed by atoms with Crippen LogP contribution >= 0.6 is 0 Å². The van der Waals surface area contributed by atoms with Crippen molar-refractivity contribution in [3.05, 3.63) is 72.1 Å². The Kier molecular flexibility index (Phi) is 6.38. The lowest BCUT2D eigenvalue weighted by Gasteiger charge is -2.17. The molecule has 190 valence electrons. The first-order valence-electron chi connectivity index (χ1n) is 12.9. The van der Waals surface area contributed by atoms with Crippen LogP contribution in [-0.2, 0) is 27.4 Å². The second-order valence-corrected chi connectivity index (χ2v) is 9.71. The topological polar surface area (TPSA) is 80.5 Å². The van der Waals surface area contributed by atoms with E-state index in [0.717, 1.165) is 72.2 Å². The molecule has 2 aromatic carbocycles. The molecule has 8 heteroatoms. The van der Waals surface area contributed by atoms with Crippen LogP contribution in [-0.4, -0.2) is 72.3 Å². The molecule has 6 rings (SSSR count). The lowest BCUT2D eigenvalue weighted by molar-refractivity contribution is -0.122. The minimum absolute atomic E-state index is 0.346. The zero-order valence-corrected chi connectivity index (χ0v) is 21.0. The van der Waals surface area contributed by atoms with E-state index in [-0.39, 0.29) is 11.8 Å². The van der Waals surface area contributed by atoms with Crippen molar-refractivity contribution in [1.29, 1.82) is 0 Å². The van der Waals surface area contributed by atoms with E-state index in [0.29, 0.717) is 24.4 Å². The van der Waals surface area contributed by atoms with Gasteiger partial charge < -0.3 is 24.1 Å². The predicted molar refractivity (Wildman–Crippen MR) is 145 cm³/mol. The first kappa shape index (κ1) is 23.7. The van der Waals surface area contributed by atoms with Crippen LogP contribution in [0.2, 0.25) is 0 Å². The van der Waals surface area contributed by atoms with Gasteiger partial charge in [0.2, 0.25) is 0 Å². The number of nitrogens with one attached hydrogen (secondary N) is 2. The Labute approximate surface area is 215 Å². The molecule has 0 unspecified atom stereocenters. The lowest BCUT2D eigenvalue weighted by Crippen LogP contribution is -2.28. The van der Waals surface area contributed by atoms with Gasteiger partial charge in [0.1, 0.15) is 0 Å². The van der Waals surface area contributed by atoms with Gasteiger partial charge in [0, 0.05) is 84.6 Å². The van der Waals surface area contributed by atoms with E-state index >= 15 is 0 Å². The van der Waals surface area contributed by atoms with Crippen LogP contribution in [0, 0.1) is 0 Å². The molecule has 0 saturated carbocycles. The van der Waals surface area contributed by atoms with E-state index in [4.69, 9.17) is 4.74 Å². The third-order valence-electron chi connectivity index (χ3n) is 7.34. The first-order valence-corrected chi connectivity index (χ1v) is 12.9. The SMILES string of the molecule is CN1CCOCCNCCn2cc(c3ccccc32)C2=C(C(=O)NC2=O)c2cn(c3ccccc23)CC1. The Balaban J connectivity index is 1.55. The van der Waals surface area contributed by atoms with Crippen molar-refractivity contribution in [2.75, 3.05) is 46.4 Å². The molecule has 0 aliphatic carbocycles. The fourth-order valence-electron chi connectivity index (χ4n) is 5.41. The third kappa shape index (κ3) is 4.37. The summed E-state index contributed by atoms with van der Waals surface area (Å²) in [6, 6.07) is 16.1. The van der Waals surface area contributed by atoms with E-state index in [2.05, 4.69) is 43.8 Å². The zero-order chi connectivity index (χ0) is 25.4. The molecule has 0 atom stereocenters. The number of para-hydroxylation sites is 2. The highest BCUT2D eigenvalue weighted by molar-refractivity contribution is 6.50. The number of hydrogen-bond donors (Lipinski definition) is 2. The Morgan fingerprint density at radius 1 is 0.703 bits per heavy atom. The Morgan fingerprint density at radius 3 is 1.95 bits per heavy atom. The van der Waals surface area contributed by atoms with Gasteiger partial charge in [-0.05, 0) is 19.2 Å². The molecule has 37 heavy (non-hydrogen) atoms. The number of amides is 2. The number of aromatic nitrogens is 2. The summed E-state index contributed by atoms with van der Waals surface area (Å²) in [6.07, 6.45) is 4.04. The van der Waals surface area contributed by atoms with Crippen LogP contribution in [0.15, 0.2) is 60.9 Å². The average molecular weight is 498 g/mol. The largest absolute Gasteiger partial charge is 0.379 e. The van der Waals surface area contributed by atoms with Crippen LogP contribution in [0.25, 0.3) is 33.0 Å². The lowest BCUT2D eigenvalue weighted by atomic mass is 9.95. The van der Waals surface area contributed by atoms with Gasteiger partial charge in [-0.25, -0.2) is 0 Å². The molecule has 4 heterocycles. The third-order valence-corrected chi connectivity index (χ3v) is 7.34. The smallest absolute Gasteiger partial charge is 0.259 e. The van der Waals surface area contributed by atoms with E-state index < -0.39 is 0 Å². The highest BCUT2D eigenvalue weighted by Gasteiger charge is 2.35. The van der Waals surface area contributed by atoms with Crippen molar-refractivity contribution in [2.24, 2.45) is 0 Å². The number of hydrogen-bond acceptors (Lipinski definition) is 5. The number of ether oxygens (including phenoxy) is 1. The van der Waals surface area contributed by atoms with Crippen molar-refractivity contribution < 1.29 is 14.3 Å². The summed E-state index contributed by atoms with van der Waals surface area (Å²) in [7, 11) is 2.09. The molecule has 2 aromatic heterocycles. The molecular weight excluding hydrogens is 466 g/mol. The summed E-state index contributed by atoms with van der Waals surface area (Å²) in [5, 5.41) is 7.96. The number of carbonyl (C=O) groups excluding carboxylic acids is 2. The van der Waals surface area contributed by atoms with Crippen molar-refractivity contribution in [3.63, 3.8) is 0 Å². The van der Waals surface area contributed by atoms with E-state index in [9.17, 15) is 9.59 Å². The van der Waals surface area contributed by atoms with Gasteiger partial charge in [0.25, 0.3) is 11.8 Å². The number of imide groups is 1. The Bertz CT molecular complexity index is 1530. The van der Waals surface area contributed by atoms with Gasteiger partial charge in [-0.2, -0.15) is 0 Å². The van der Waals surface area contributed by atoms with Crippen molar-refractivity contribution >= 4 is 44.8 Å². The molecule has 2 aliphatic rings. The van der Waals surface area contributed by atoms with E-state index in [1.54, 1.807) is 0 Å². The molecule has 2 amide bonds. The molecule has 2 N–H and O–H groups in total. The van der Waals surface area contributed by atoms with Crippen LogP contribution in [0.3, 0.4) is 0 Å². The molecular formula is C29H31N5O3. The van der Waals surface area contributed by atoms with Crippen molar-refractivity contribution in [2.45, 2.75) is 13.1 Å². The minimum Gasteiger partial charge on any atom is -0.379 e. The number of fused-ring (bicyclic) bond motifs is 12. The zero-order valence-electron chi connectivity index (χ0n) is 21.0. The normalized spacial score (nSPS) is 18.5. The highest BCUT2D eigenvalue weighted by Crippen LogP contribution is 2.39. The summed E-state index contributed by atoms with van der Waals surface area (Å²) in [6.45, 7) is 6.07. The van der Waals surface area contributed by atoms with Gasteiger partial charge in [0.05, 0.1) is 24.4 Å². The summed E-state index contributed by atoms with van der Waals surface area (Å²) < 4.78 is 10.2. The molecule has 2 aliphatic heterocycles. The minimum atomic E-state index is -0.347. The van der Waals surface area contributed by atoms with Crippen LogP contribution in [0.5, 0.6) is 0 Å². The highest BCUT2D eigenvalue weighted by atomic mass is 16.5. The Morgan fingerprint density at radius 2 is 1.30 bits per heavy atom. The quantitative estimate of drug-likeness (QED) is 0.365. The summed E-state index contributed by atoms with van der Waals surface area (Å²) in [5.74, 6) is -0.692. The van der Waals surface area contributed by atoms with Crippen LogP contribution in [0.4, 0.5) is 0 Å². The fourth-order valence-corrected chi connectivity index (χ4v) is 5.41. The van der Waals surface area contributed by atoms with E-state index in [1.165, 1.54) is 0 Å². The standard InChI is InChI=1S/C29H31N5O3/c1-32-13-14-34-19-23(21-7-3-5-9-25(21)34)27-26(28(35)31-29(27)36)22-18-33(24-8-4-2-6-20(22)24)12-10-30-11-16-37-17-15-32/h2-9,18-19,30H,10-17H2,1H3,(H,31,35,36). The predicted octanol–water partition coefficient (Wildman–Crippen LogP) is 2.71. The summed E-state index contributed by atoms with van der Waals surface area (Å²) in [5.41, 5.74) is 4.54. The number of rotatable bonds is 0. The van der Waals surface area contributed by atoms with Crippen LogP contribution in [0.1, 0.15) is 11.1 Å². The van der Waals surface area contributed by atoms with Crippen LogP contribution < -0.4 is 10.6 Å². The van der Waals surface area contributed by atoms with E-state index in [1.807, 2.05) is 48.8 Å². The number of benzene rings is 2. The van der Waals surface area contributed by atoms with Gasteiger partial charge in [-0.15, -0.1) is 0 Å². The van der Waals surface area contributed by atoms with Gasteiger partial charge in [-0.3, -0.25) is 14.9 Å². The van der Waals surface area contributed by atoms with Gasteiger partial charge in [0.15, 0.2) is 0 Å². The molecule has 0 spiro atoms. The first-order chi connectivity index (χ1) is 18.1. The molecule has 0 saturated heterocycles. The molecule has 4 aromatic rings. The van der Waals surface area contributed by atoms with Crippen molar-refractivity contribution in [3.8, 4) is 0 Å². The second-order valence-electron chi connectivity index (χ2n) is 9.71. The van der Waals surface area contributed by atoms with Gasteiger partial charge in [-0.1, -0.05) is 36.4 Å². The average Bonchev–Trinajstić information content (AvgIpc) is 3.54. The molecule has 0 radical (unpaired) electrons. The van der Waals surface area contributed by atoms with Crippen molar-refractivity contribution in [1.82, 2.24) is 24.7 Å². The summed E-state index contributed by atoms with van der Waals surface area (Å²) >= 11 is 0. The number of nitrogens with zero attached hydrogens (tertiary/aromatic N) is 3. The fraction of sp³-hybridized carbons (Fsp3) is 0.310. The number of likely N-dealkylation sites (N-methyl/N-ethyl adjacent to an activating group) is 1. The maximum absolute atomic E-state index is 13.3. The monoisotopic (exact) mass is 497 g/mol. The van der Waals surface area contributed by atoms with Gasteiger partial charge >= 0.3 is 0 Å². The maximum Gasteiger partial charge on any atom is 0.259 e. The molecule has 0 fully saturated rings. The second kappa shape index (κ2) is 9.97. The summed E-state index contributed by atoms with van der Waals surface area (Å²) in [4.78, 5) is 28.8.